The van der Waals surface area contributed by atoms with Gasteiger partial charge in [-0.3, -0.25) is 4.79 Å². The summed E-state index contributed by atoms with van der Waals surface area (Å²) in [5, 5.41) is 0. The van der Waals surface area contributed by atoms with Crippen LogP contribution in [0.1, 0.15) is 16.8 Å². The molecule has 1 aliphatic rings. The molecule has 0 atom stereocenters. The SMILES string of the molecule is O=C(c1ccc(-n2ccnc2)cc1)N1CCC1. The van der Waals surface area contributed by atoms with Crippen LogP contribution in [0.5, 0.6) is 0 Å². The van der Waals surface area contributed by atoms with E-state index in [0.29, 0.717) is 0 Å². The van der Waals surface area contributed by atoms with Crippen molar-refractivity contribution in [2.75, 3.05) is 13.1 Å². The van der Waals surface area contributed by atoms with Crippen LogP contribution in [-0.2, 0) is 0 Å². The minimum atomic E-state index is 0.133. The van der Waals surface area contributed by atoms with Crippen molar-refractivity contribution in [3.63, 3.8) is 0 Å². The highest BCUT2D eigenvalue weighted by Gasteiger charge is 2.21. The smallest absolute Gasteiger partial charge is 0.253 e. The number of hydrogen-bond acceptors (Lipinski definition) is 2. The summed E-state index contributed by atoms with van der Waals surface area (Å²) in [6.45, 7) is 1.78. The highest BCUT2D eigenvalue weighted by atomic mass is 16.2. The average molecular weight is 227 g/mol. The normalized spacial score (nSPS) is 14.5. The van der Waals surface area contributed by atoms with Crippen LogP contribution in [0, 0.1) is 0 Å². The first-order valence-corrected chi connectivity index (χ1v) is 5.72. The third-order valence-electron chi connectivity index (χ3n) is 3.06. The zero-order chi connectivity index (χ0) is 11.7. The number of imidazole rings is 1. The number of carbonyl (C=O) groups is 1. The first kappa shape index (κ1) is 10.1. The van der Waals surface area contributed by atoms with Gasteiger partial charge in [0.1, 0.15) is 0 Å². The minimum Gasteiger partial charge on any atom is -0.339 e. The molecule has 1 aliphatic heterocycles. The zero-order valence-electron chi connectivity index (χ0n) is 9.41. The van der Waals surface area contributed by atoms with Crippen molar-refractivity contribution < 1.29 is 4.79 Å². The molecular weight excluding hydrogens is 214 g/mol. The molecule has 0 unspecified atom stereocenters. The molecule has 2 aromatic rings. The largest absolute Gasteiger partial charge is 0.339 e. The van der Waals surface area contributed by atoms with Crippen molar-refractivity contribution in [2.45, 2.75) is 6.42 Å². The molecule has 0 spiro atoms. The maximum absolute atomic E-state index is 11.9. The van der Waals surface area contributed by atoms with Gasteiger partial charge in [0.15, 0.2) is 0 Å². The Morgan fingerprint density at radius 3 is 2.47 bits per heavy atom. The van der Waals surface area contributed by atoms with Crippen LogP contribution in [0.3, 0.4) is 0 Å². The monoisotopic (exact) mass is 227 g/mol. The molecule has 0 aliphatic carbocycles. The second-order valence-corrected chi connectivity index (χ2v) is 4.16. The summed E-state index contributed by atoms with van der Waals surface area (Å²) < 4.78 is 1.91. The lowest BCUT2D eigenvalue weighted by molar-refractivity contribution is 0.0652. The fourth-order valence-corrected chi connectivity index (χ4v) is 1.89. The van der Waals surface area contributed by atoms with E-state index >= 15 is 0 Å². The van der Waals surface area contributed by atoms with E-state index in [4.69, 9.17) is 0 Å². The number of amides is 1. The quantitative estimate of drug-likeness (QED) is 0.783. The fourth-order valence-electron chi connectivity index (χ4n) is 1.89. The highest BCUT2D eigenvalue weighted by Crippen LogP contribution is 2.14. The molecule has 1 fully saturated rings. The summed E-state index contributed by atoms with van der Waals surface area (Å²) in [7, 11) is 0. The van der Waals surface area contributed by atoms with Gasteiger partial charge in [-0.1, -0.05) is 0 Å². The van der Waals surface area contributed by atoms with E-state index in [1.54, 1.807) is 12.5 Å². The summed E-state index contributed by atoms with van der Waals surface area (Å²) in [4.78, 5) is 17.8. The van der Waals surface area contributed by atoms with E-state index in [2.05, 4.69) is 4.98 Å². The highest BCUT2D eigenvalue weighted by molar-refractivity contribution is 5.94. The molecular formula is C13H13N3O. The van der Waals surface area contributed by atoms with Gasteiger partial charge in [-0.15, -0.1) is 0 Å². The first-order chi connectivity index (χ1) is 8.34. The summed E-state index contributed by atoms with van der Waals surface area (Å²) in [6.07, 6.45) is 6.48. The van der Waals surface area contributed by atoms with Crippen LogP contribution in [0.25, 0.3) is 5.69 Å². The van der Waals surface area contributed by atoms with E-state index in [1.165, 1.54) is 0 Å². The number of benzene rings is 1. The van der Waals surface area contributed by atoms with Crippen molar-refractivity contribution in [1.82, 2.24) is 14.5 Å². The Labute approximate surface area is 99.5 Å². The molecule has 0 radical (unpaired) electrons. The van der Waals surface area contributed by atoms with Crippen LogP contribution < -0.4 is 0 Å². The fraction of sp³-hybridized carbons (Fsp3) is 0.231. The van der Waals surface area contributed by atoms with Gasteiger partial charge in [-0.25, -0.2) is 4.98 Å². The maximum Gasteiger partial charge on any atom is 0.253 e. The lowest BCUT2D eigenvalue weighted by Gasteiger charge is -2.30. The molecule has 0 bridgehead atoms. The van der Waals surface area contributed by atoms with Gasteiger partial charge < -0.3 is 9.47 Å². The number of nitrogens with zero attached hydrogens (tertiary/aromatic N) is 3. The number of carbonyl (C=O) groups excluding carboxylic acids is 1. The van der Waals surface area contributed by atoms with Crippen molar-refractivity contribution in [3.05, 3.63) is 48.5 Å². The maximum atomic E-state index is 11.9. The van der Waals surface area contributed by atoms with Crippen molar-refractivity contribution in [1.29, 1.82) is 0 Å². The predicted molar refractivity (Wildman–Crippen MR) is 64.1 cm³/mol. The second kappa shape index (κ2) is 4.05. The Bertz CT molecular complexity index is 512. The van der Waals surface area contributed by atoms with Crippen LogP contribution in [0.4, 0.5) is 0 Å². The van der Waals surface area contributed by atoms with E-state index in [-0.39, 0.29) is 5.91 Å². The zero-order valence-corrected chi connectivity index (χ0v) is 9.41. The average Bonchev–Trinajstić information content (AvgIpc) is 2.80. The number of hydrogen-bond donors (Lipinski definition) is 0. The predicted octanol–water partition coefficient (Wildman–Crippen LogP) is 1.72. The van der Waals surface area contributed by atoms with Crippen molar-refractivity contribution in [2.24, 2.45) is 0 Å². The van der Waals surface area contributed by atoms with Gasteiger partial charge in [0.25, 0.3) is 5.91 Å². The van der Waals surface area contributed by atoms with Crippen molar-refractivity contribution >= 4 is 5.91 Å². The van der Waals surface area contributed by atoms with E-state index < -0.39 is 0 Å². The Hall–Kier alpha value is -2.10. The minimum absolute atomic E-state index is 0.133. The Balaban J connectivity index is 1.82. The Morgan fingerprint density at radius 1 is 1.18 bits per heavy atom. The first-order valence-electron chi connectivity index (χ1n) is 5.72. The molecule has 1 amide bonds. The van der Waals surface area contributed by atoms with E-state index in [9.17, 15) is 4.79 Å². The van der Waals surface area contributed by atoms with Gasteiger partial charge >= 0.3 is 0 Å². The molecule has 0 N–H and O–H groups in total. The number of rotatable bonds is 2. The molecule has 4 heteroatoms. The number of aromatic nitrogens is 2. The molecule has 1 aromatic carbocycles. The molecule has 2 heterocycles. The Morgan fingerprint density at radius 2 is 1.94 bits per heavy atom. The standard InChI is InChI=1S/C13H13N3O/c17-13(15-7-1-8-15)11-2-4-12(5-3-11)16-9-6-14-10-16/h2-6,9-10H,1,7-8H2. The lowest BCUT2D eigenvalue weighted by Crippen LogP contribution is -2.41. The summed E-state index contributed by atoms with van der Waals surface area (Å²) in [5.41, 5.74) is 1.77. The summed E-state index contributed by atoms with van der Waals surface area (Å²) in [5.74, 6) is 0.133. The third kappa shape index (κ3) is 1.82. The molecule has 3 rings (SSSR count). The molecule has 1 aromatic heterocycles. The van der Waals surface area contributed by atoms with Crippen LogP contribution in [0.2, 0.25) is 0 Å². The van der Waals surface area contributed by atoms with Crippen molar-refractivity contribution in [3.8, 4) is 5.69 Å². The molecule has 1 saturated heterocycles. The molecule has 4 nitrogen and oxygen atoms in total. The van der Waals surface area contributed by atoms with Gasteiger partial charge in [0.2, 0.25) is 0 Å². The van der Waals surface area contributed by atoms with Crippen LogP contribution >= 0.6 is 0 Å². The summed E-state index contributed by atoms with van der Waals surface area (Å²) >= 11 is 0. The van der Waals surface area contributed by atoms with Gasteiger partial charge in [-0.05, 0) is 30.7 Å². The van der Waals surface area contributed by atoms with Gasteiger partial charge in [0.05, 0.1) is 6.33 Å². The molecule has 86 valence electrons. The molecule has 0 saturated carbocycles. The van der Waals surface area contributed by atoms with Crippen LogP contribution in [0.15, 0.2) is 43.0 Å². The third-order valence-corrected chi connectivity index (χ3v) is 3.06. The molecule has 17 heavy (non-hydrogen) atoms. The topological polar surface area (TPSA) is 38.1 Å². The summed E-state index contributed by atoms with van der Waals surface area (Å²) in [6, 6.07) is 7.62. The van der Waals surface area contributed by atoms with Gasteiger partial charge in [-0.2, -0.15) is 0 Å². The van der Waals surface area contributed by atoms with Gasteiger partial charge in [0, 0.05) is 36.7 Å². The number of likely N-dealkylation sites (tertiary alicyclic amines) is 1. The Kier molecular flexibility index (Phi) is 2.40. The second-order valence-electron chi connectivity index (χ2n) is 4.16. The van der Waals surface area contributed by atoms with E-state index in [0.717, 1.165) is 30.8 Å². The van der Waals surface area contributed by atoms with E-state index in [1.807, 2.05) is 39.9 Å². The van der Waals surface area contributed by atoms with Crippen LogP contribution in [-0.4, -0.2) is 33.4 Å². The lowest BCUT2D eigenvalue weighted by atomic mass is 10.1.